The Balaban J connectivity index is 2.45. The van der Waals surface area contributed by atoms with Gasteiger partial charge in [0.1, 0.15) is 6.04 Å². The van der Waals surface area contributed by atoms with Crippen LogP contribution in [0.15, 0.2) is 5.10 Å². The van der Waals surface area contributed by atoms with Crippen molar-refractivity contribution >= 4 is 18.3 Å². The van der Waals surface area contributed by atoms with E-state index in [4.69, 9.17) is 0 Å². The number of nitrogens with one attached hydrogen (secondary N) is 1. The van der Waals surface area contributed by atoms with Gasteiger partial charge in [0.05, 0.1) is 0 Å². The molecule has 1 N–H and O–H groups in total. The molecule has 0 aromatic rings. The number of carbonyl (C=O) groups is 2. The Labute approximate surface area is 51.9 Å². The molecule has 0 aliphatic carbocycles. The van der Waals surface area contributed by atoms with E-state index in [1.807, 2.05) is 0 Å². The predicted octanol–water partition coefficient (Wildman–Crippen LogP) is -0.898. The van der Waals surface area contributed by atoms with Gasteiger partial charge in [-0.15, -0.1) is 0 Å². The van der Waals surface area contributed by atoms with Crippen LogP contribution in [0.1, 0.15) is 6.42 Å². The summed E-state index contributed by atoms with van der Waals surface area (Å²) in [5, 5.41) is 3.58. The van der Waals surface area contributed by atoms with Crippen molar-refractivity contribution in [1.82, 2.24) is 5.43 Å². The summed E-state index contributed by atoms with van der Waals surface area (Å²) in [6.07, 6.45) is 2.41. The van der Waals surface area contributed by atoms with Crippen LogP contribution in [0.2, 0.25) is 0 Å². The summed E-state index contributed by atoms with van der Waals surface area (Å²) >= 11 is 0. The first-order chi connectivity index (χ1) is 4.34. The third-order valence-electron chi connectivity index (χ3n) is 1.12. The van der Waals surface area contributed by atoms with Gasteiger partial charge in [-0.25, -0.2) is 0 Å². The Morgan fingerprint density at radius 3 is 3.11 bits per heavy atom. The fourth-order valence-corrected chi connectivity index (χ4v) is 0.615. The number of ketones is 1. The molecule has 1 aliphatic rings. The minimum atomic E-state index is -0.437. The van der Waals surface area contributed by atoms with Crippen molar-refractivity contribution in [3.63, 3.8) is 0 Å². The van der Waals surface area contributed by atoms with Crippen molar-refractivity contribution in [2.24, 2.45) is 5.10 Å². The van der Waals surface area contributed by atoms with Gasteiger partial charge in [0, 0.05) is 12.6 Å². The number of hydrazone groups is 1. The van der Waals surface area contributed by atoms with Crippen molar-refractivity contribution in [3.05, 3.63) is 0 Å². The highest BCUT2D eigenvalue weighted by Crippen LogP contribution is 1.95. The van der Waals surface area contributed by atoms with E-state index in [1.165, 1.54) is 0 Å². The Hall–Kier alpha value is -1.19. The molecule has 1 unspecified atom stereocenters. The standard InChI is InChI=1S/C5H6N2O2/c8-3-5(9)4-1-2-6-7-4/h2-4,7H,1H2. The second-order valence-corrected chi connectivity index (χ2v) is 1.75. The lowest BCUT2D eigenvalue weighted by atomic mass is 10.2. The summed E-state index contributed by atoms with van der Waals surface area (Å²) in [7, 11) is 0. The molecule has 48 valence electrons. The lowest BCUT2D eigenvalue weighted by Crippen LogP contribution is -2.30. The van der Waals surface area contributed by atoms with E-state index >= 15 is 0 Å². The molecule has 1 rings (SSSR count). The van der Waals surface area contributed by atoms with Gasteiger partial charge in [0.25, 0.3) is 0 Å². The number of hydrogen-bond acceptors (Lipinski definition) is 4. The van der Waals surface area contributed by atoms with Crippen molar-refractivity contribution in [3.8, 4) is 0 Å². The lowest BCUT2D eigenvalue weighted by Gasteiger charge is -2.00. The van der Waals surface area contributed by atoms with Gasteiger partial charge in [0.15, 0.2) is 6.29 Å². The van der Waals surface area contributed by atoms with E-state index in [1.54, 1.807) is 6.21 Å². The number of Topliss-reactive ketones (excluding diaryl/α,β-unsaturated/α-hetero) is 1. The third-order valence-corrected chi connectivity index (χ3v) is 1.12. The molecule has 0 amide bonds. The molecule has 0 saturated heterocycles. The molecular formula is C5H6N2O2. The van der Waals surface area contributed by atoms with E-state index in [9.17, 15) is 9.59 Å². The first-order valence-electron chi connectivity index (χ1n) is 2.60. The van der Waals surface area contributed by atoms with Crippen molar-refractivity contribution in [2.45, 2.75) is 12.5 Å². The highest BCUT2D eigenvalue weighted by atomic mass is 16.2. The number of nitrogens with zero attached hydrogens (tertiary/aromatic N) is 1. The van der Waals surface area contributed by atoms with Gasteiger partial charge < -0.3 is 0 Å². The average Bonchev–Trinajstić information content (AvgIpc) is 2.37. The lowest BCUT2D eigenvalue weighted by molar-refractivity contribution is -0.131. The summed E-state index contributed by atoms with van der Waals surface area (Å²) in [5.41, 5.74) is 2.50. The third kappa shape index (κ3) is 1.13. The van der Waals surface area contributed by atoms with Crippen LogP contribution >= 0.6 is 0 Å². The molecule has 9 heavy (non-hydrogen) atoms. The fourth-order valence-electron chi connectivity index (χ4n) is 0.615. The maximum Gasteiger partial charge on any atom is 0.219 e. The second kappa shape index (κ2) is 2.39. The molecule has 1 atom stereocenters. The molecule has 0 radical (unpaired) electrons. The number of rotatable bonds is 2. The van der Waals surface area contributed by atoms with Crippen molar-refractivity contribution < 1.29 is 9.59 Å². The van der Waals surface area contributed by atoms with Crippen molar-refractivity contribution in [2.75, 3.05) is 0 Å². The average molecular weight is 126 g/mol. The van der Waals surface area contributed by atoms with Gasteiger partial charge in [0.2, 0.25) is 5.78 Å². The smallest absolute Gasteiger partial charge is 0.219 e. The monoisotopic (exact) mass is 126 g/mol. The topological polar surface area (TPSA) is 58.5 Å². The molecule has 0 spiro atoms. The Bertz CT molecular complexity index is 156. The Morgan fingerprint density at radius 1 is 1.89 bits per heavy atom. The summed E-state index contributed by atoms with van der Waals surface area (Å²) in [4.78, 5) is 20.4. The second-order valence-electron chi connectivity index (χ2n) is 1.75. The van der Waals surface area contributed by atoms with Gasteiger partial charge >= 0.3 is 0 Å². The van der Waals surface area contributed by atoms with Crippen LogP contribution in [0.4, 0.5) is 0 Å². The fraction of sp³-hybridized carbons (Fsp3) is 0.400. The van der Waals surface area contributed by atoms with Gasteiger partial charge in [-0.1, -0.05) is 0 Å². The van der Waals surface area contributed by atoms with E-state index in [0.717, 1.165) is 0 Å². The first kappa shape index (κ1) is 5.94. The number of hydrogen-bond donors (Lipinski definition) is 1. The van der Waals surface area contributed by atoms with Gasteiger partial charge in [-0.3, -0.25) is 15.0 Å². The highest BCUT2D eigenvalue weighted by molar-refractivity contribution is 6.28. The molecular weight excluding hydrogens is 120 g/mol. The zero-order chi connectivity index (χ0) is 6.69. The first-order valence-corrected chi connectivity index (χ1v) is 2.60. The highest BCUT2D eigenvalue weighted by Gasteiger charge is 2.17. The SMILES string of the molecule is O=CC(=O)C1CC=NN1. The van der Waals surface area contributed by atoms with Crippen LogP contribution in [-0.2, 0) is 9.59 Å². The number of aldehydes is 1. The maximum atomic E-state index is 10.5. The summed E-state index contributed by atoms with van der Waals surface area (Å²) in [5.74, 6) is -0.437. The molecule has 1 aliphatic heterocycles. The van der Waals surface area contributed by atoms with E-state index in [0.29, 0.717) is 12.7 Å². The zero-order valence-electron chi connectivity index (χ0n) is 4.70. The summed E-state index contributed by atoms with van der Waals surface area (Å²) in [6.45, 7) is 0. The molecule has 0 aromatic carbocycles. The normalized spacial score (nSPS) is 23.3. The predicted molar refractivity (Wildman–Crippen MR) is 31.1 cm³/mol. The van der Waals surface area contributed by atoms with E-state index in [2.05, 4.69) is 10.5 Å². The minimum absolute atomic E-state index is 0.312. The quantitative estimate of drug-likeness (QED) is 0.385. The molecule has 0 saturated carbocycles. The largest absolute Gasteiger partial charge is 0.299 e. The van der Waals surface area contributed by atoms with Crippen LogP contribution in [-0.4, -0.2) is 24.3 Å². The van der Waals surface area contributed by atoms with Gasteiger partial charge in [-0.2, -0.15) is 5.10 Å². The summed E-state index contributed by atoms with van der Waals surface area (Å²) in [6, 6.07) is -0.400. The molecule has 0 aromatic heterocycles. The maximum absolute atomic E-state index is 10.5. The van der Waals surface area contributed by atoms with Crippen LogP contribution in [0.3, 0.4) is 0 Å². The summed E-state index contributed by atoms with van der Waals surface area (Å²) < 4.78 is 0. The molecule has 4 nitrogen and oxygen atoms in total. The molecule has 4 heteroatoms. The Morgan fingerprint density at radius 2 is 2.67 bits per heavy atom. The van der Waals surface area contributed by atoms with Crippen molar-refractivity contribution in [1.29, 1.82) is 0 Å². The minimum Gasteiger partial charge on any atom is -0.299 e. The van der Waals surface area contributed by atoms with Crippen LogP contribution in [0.5, 0.6) is 0 Å². The Kier molecular flexibility index (Phi) is 1.58. The number of carbonyl (C=O) groups excluding carboxylic acids is 2. The molecule has 0 fully saturated rings. The van der Waals surface area contributed by atoms with E-state index < -0.39 is 11.8 Å². The van der Waals surface area contributed by atoms with Crippen LogP contribution in [0.25, 0.3) is 0 Å². The van der Waals surface area contributed by atoms with Gasteiger partial charge in [-0.05, 0) is 0 Å². The van der Waals surface area contributed by atoms with E-state index in [-0.39, 0.29) is 0 Å². The molecule has 0 bridgehead atoms. The molecule has 1 heterocycles. The zero-order valence-corrected chi connectivity index (χ0v) is 4.70. The van der Waals surface area contributed by atoms with Crippen LogP contribution < -0.4 is 5.43 Å². The van der Waals surface area contributed by atoms with Crippen LogP contribution in [0, 0.1) is 0 Å².